The summed E-state index contributed by atoms with van der Waals surface area (Å²) in [6.07, 6.45) is 8.32. The first-order chi connectivity index (χ1) is 9.13. The normalized spacial score (nSPS) is 17.8. The van der Waals surface area contributed by atoms with Gasteiger partial charge in [0.05, 0.1) is 5.69 Å². The Morgan fingerprint density at radius 2 is 2.16 bits per heavy atom. The molecular weight excluding hydrogens is 238 g/mol. The van der Waals surface area contributed by atoms with Crippen LogP contribution < -0.4 is 5.32 Å². The fraction of sp³-hybridized carbons (Fsp3) is 0.800. The maximum absolute atomic E-state index is 5.40. The van der Waals surface area contributed by atoms with Gasteiger partial charge in [-0.3, -0.25) is 0 Å². The quantitative estimate of drug-likeness (QED) is 0.768. The molecule has 1 aromatic heterocycles. The summed E-state index contributed by atoms with van der Waals surface area (Å²) < 4.78 is 7.64. The number of rotatable bonds is 7. The van der Waals surface area contributed by atoms with E-state index in [0.29, 0.717) is 0 Å². The second kappa shape index (κ2) is 6.42. The first-order valence-electron chi connectivity index (χ1n) is 7.53. The molecule has 108 valence electrons. The summed E-state index contributed by atoms with van der Waals surface area (Å²) in [5.74, 6) is 1.03. The van der Waals surface area contributed by atoms with Crippen molar-refractivity contribution in [2.24, 2.45) is 0 Å². The molecule has 2 rings (SSSR count). The zero-order chi connectivity index (χ0) is 13.7. The van der Waals surface area contributed by atoms with E-state index in [-0.39, 0.29) is 5.54 Å². The number of anilines is 1. The van der Waals surface area contributed by atoms with Gasteiger partial charge in [-0.05, 0) is 40.0 Å². The number of ether oxygens (including phenoxy) is 1. The Morgan fingerprint density at radius 1 is 1.42 bits per heavy atom. The van der Waals surface area contributed by atoms with Gasteiger partial charge < -0.3 is 14.6 Å². The molecule has 0 radical (unpaired) electrons. The summed E-state index contributed by atoms with van der Waals surface area (Å²) >= 11 is 0. The maximum atomic E-state index is 5.40. The molecule has 0 spiro atoms. The first kappa shape index (κ1) is 14.4. The van der Waals surface area contributed by atoms with Gasteiger partial charge in [0, 0.05) is 31.5 Å². The standard InChI is InChI=1S/C15H27N3O/c1-4-19-11-7-10-18-12-13(2)16-14(18)17-15(3)8-5-6-9-15/h12H,4-11H2,1-3H3,(H,16,17). The number of nitrogens with one attached hydrogen (secondary N) is 1. The van der Waals surface area contributed by atoms with Crippen LogP contribution in [-0.4, -0.2) is 28.3 Å². The van der Waals surface area contributed by atoms with Gasteiger partial charge in [-0.25, -0.2) is 4.98 Å². The topological polar surface area (TPSA) is 39.1 Å². The Labute approximate surface area is 116 Å². The minimum absolute atomic E-state index is 0.232. The monoisotopic (exact) mass is 265 g/mol. The summed E-state index contributed by atoms with van der Waals surface area (Å²) in [6.45, 7) is 9.00. The molecule has 4 nitrogen and oxygen atoms in total. The highest BCUT2D eigenvalue weighted by Crippen LogP contribution is 2.32. The lowest BCUT2D eigenvalue weighted by molar-refractivity contribution is 0.141. The van der Waals surface area contributed by atoms with Crippen LogP contribution in [-0.2, 0) is 11.3 Å². The number of imidazole rings is 1. The van der Waals surface area contributed by atoms with E-state index in [4.69, 9.17) is 4.74 Å². The first-order valence-corrected chi connectivity index (χ1v) is 7.53. The fourth-order valence-electron chi connectivity index (χ4n) is 2.85. The molecule has 0 amide bonds. The van der Waals surface area contributed by atoms with E-state index in [2.05, 4.69) is 34.9 Å². The molecule has 0 unspecified atom stereocenters. The van der Waals surface area contributed by atoms with Crippen LogP contribution in [0.4, 0.5) is 5.95 Å². The Balaban J connectivity index is 1.95. The van der Waals surface area contributed by atoms with E-state index in [9.17, 15) is 0 Å². The van der Waals surface area contributed by atoms with Gasteiger partial charge in [-0.1, -0.05) is 12.8 Å². The summed E-state index contributed by atoms with van der Waals surface area (Å²) in [4.78, 5) is 4.63. The van der Waals surface area contributed by atoms with Gasteiger partial charge in [-0.2, -0.15) is 0 Å². The Morgan fingerprint density at radius 3 is 2.84 bits per heavy atom. The molecule has 1 saturated carbocycles. The van der Waals surface area contributed by atoms with Crippen LogP contribution in [0.2, 0.25) is 0 Å². The van der Waals surface area contributed by atoms with Crippen molar-refractivity contribution in [3.8, 4) is 0 Å². The minimum Gasteiger partial charge on any atom is -0.382 e. The smallest absolute Gasteiger partial charge is 0.203 e. The van der Waals surface area contributed by atoms with Crippen molar-refractivity contribution in [3.05, 3.63) is 11.9 Å². The molecule has 1 aromatic rings. The molecule has 1 N–H and O–H groups in total. The third kappa shape index (κ3) is 3.96. The zero-order valence-corrected chi connectivity index (χ0v) is 12.5. The number of aromatic nitrogens is 2. The van der Waals surface area contributed by atoms with Crippen molar-refractivity contribution < 1.29 is 4.74 Å². The van der Waals surface area contributed by atoms with Gasteiger partial charge in [0.2, 0.25) is 5.95 Å². The van der Waals surface area contributed by atoms with Crippen LogP contribution in [0.1, 0.15) is 51.6 Å². The number of hydrogen-bond donors (Lipinski definition) is 1. The SMILES string of the molecule is CCOCCCn1cc(C)nc1NC1(C)CCCC1. The van der Waals surface area contributed by atoms with Crippen LogP contribution in [0.25, 0.3) is 0 Å². The van der Waals surface area contributed by atoms with Gasteiger partial charge in [0.15, 0.2) is 0 Å². The predicted molar refractivity (Wildman–Crippen MR) is 78.6 cm³/mol. The molecule has 0 atom stereocenters. The lowest BCUT2D eigenvalue weighted by atomic mass is 10.0. The lowest BCUT2D eigenvalue weighted by Gasteiger charge is -2.26. The summed E-state index contributed by atoms with van der Waals surface area (Å²) in [6, 6.07) is 0. The largest absolute Gasteiger partial charge is 0.382 e. The third-order valence-electron chi connectivity index (χ3n) is 3.91. The van der Waals surface area contributed by atoms with Crippen molar-refractivity contribution in [3.63, 3.8) is 0 Å². The Kier molecular flexibility index (Phi) is 4.86. The number of nitrogens with zero attached hydrogens (tertiary/aromatic N) is 2. The highest BCUT2D eigenvalue weighted by Gasteiger charge is 2.29. The summed E-state index contributed by atoms with van der Waals surface area (Å²) in [7, 11) is 0. The van der Waals surface area contributed by atoms with Gasteiger partial charge in [0.1, 0.15) is 0 Å². The van der Waals surface area contributed by atoms with E-state index in [1.165, 1.54) is 25.7 Å². The highest BCUT2D eigenvalue weighted by molar-refractivity contribution is 5.33. The Hall–Kier alpha value is -1.03. The molecule has 0 aliphatic heterocycles. The summed E-state index contributed by atoms with van der Waals surface area (Å²) in [5, 5.41) is 3.66. The van der Waals surface area contributed by atoms with E-state index in [1.54, 1.807) is 0 Å². The van der Waals surface area contributed by atoms with E-state index >= 15 is 0 Å². The van der Waals surface area contributed by atoms with E-state index < -0.39 is 0 Å². The minimum atomic E-state index is 0.232. The molecule has 1 fully saturated rings. The molecule has 4 heteroatoms. The number of hydrogen-bond acceptors (Lipinski definition) is 3. The van der Waals surface area contributed by atoms with Crippen LogP contribution in [0.3, 0.4) is 0 Å². The van der Waals surface area contributed by atoms with Crippen molar-refractivity contribution in [1.29, 1.82) is 0 Å². The third-order valence-corrected chi connectivity index (χ3v) is 3.91. The molecule has 1 aliphatic rings. The van der Waals surface area contributed by atoms with Crippen LogP contribution in [0.5, 0.6) is 0 Å². The predicted octanol–water partition coefficient (Wildman–Crippen LogP) is 3.36. The molecule has 0 saturated heterocycles. The second-order valence-electron chi connectivity index (χ2n) is 5.84. The molecule has 1 heterocycles. The highest BCUT2D eigenvalue weighted by atomic mass is 16.5. The van der Waals surface area contributed by atoms with E-state index in [0.717, 1.165) is 37.8 Å². The Bertz CT molecular complexity index is 394. The van der Waals surface area contributed by atoms with Gasteiger partial charge in [0.25, 0.3) is 0 Å². The van der Waals surface area contributed by atoms with Crippen LogP contribution in [0, 0.1) is 6.92 Å². The van der Waals surface area contributed by atoms with Crippen molar-refractivity contribution in [1.82, 2.24) is 9.55 Å². The molecular formula is C15H27N3O. The summed E-state index contributed by atoms with van der Waals surface area (Å²) in [5.41, 5.74) is 1.32. The van der Waals surface area contributed by atoms with Crippen molar-refractivity contribution >= 4 is 5.95 Å². The number of aryl methyl sites for hydroxylation is 2. The average molecular weight is 265 g/mol. The fourth-order valence-corrected chi connectivity index (χ4v) is 2.85. The van der Waals surface area contributed by atoms with Crippen LogP contribution in [0.15, 0.2) is 6.20 Å². The molecule has 0 aromatic carbocycles. The van der Waals surface area contributed by atoms with E-state index in [1.807, 2.05) is 6.92 Å². The van der Waals surface area contributed by atoms with Crippen molar-refractivity contribution in [2.75, 3.05) is 18.5 Å². The van der Waals surface area contributed by atoms with Gasteiger partial charge >= 0.3 is 0 Å². The lowest BCUT2D eigenvalue weighted by Crippen LogP contribution is -2.32. The molecule has 19 heavy (non-hydrogen) atoms. The zero-order valence-electron chi connectivity index (χ0n) is 12.5. The maximum Gasteiger partial charge on any atom is 0.203 e. The van der Waals surface area contributed by atoms with Crippen molar-refractivity contribution in [2.45, 2.75) is 65.0 Å². The molecule has 1 aliphatic carbocycles. The second-order valence-corrected chi connectivity index (χ2v) is 5.84. The average Bonchev–Trinajstić information content (AvgIpc) is 2.92. The van der Waals surface area contributed by atoms with Crippen LogP contribution >= 0.6 is 0 Å². The van der Waals surface area contributed by atoms with Gasteiger partial charge in [-0.15, -0.1) is 0 Å². The molecule has 0 bridgehead atoms.